The molecule has 7 nitrogen and oxygen atoms in total. The van der Waals surface area contributed by atoms with Gasteiger partial charge in [-0.1, -0.05) is 0 Å². The monoisotopic (exact) mass is 301 g/mol. The quantitative estimate of drug-likeness (QED) is 0.668. The number of nitrogens with zero attached hydrogens (tertiary/aromatic N) is 3. The molecule has 0 aliphatic heterocycles. The van der Waals surface area contributed by atoms with Crippen LogP contribution in [0.25, 0.3) is 0 Å². The molecule has 2 rings (SSSR count). The molecule has 2 heterocycles. The zero-order chi connectivity index (χ0) is 15.6. The van der Waals surface area contributed by atoms with Crippen LogP contribution in [0.2, 0.25) is 0 Å². The molecule has 0 aliphatic rings. The lowest BCUT2D eigenvalue weighted by molar-refractivity contribution is -0.384. The van der Waals surface area contributed by atoms with E-state index < -0.39 is 22.5 Å². The van der Waals surface area contributed by atoms with Crippen molar-refractivity contribution >= 4 is 11.4 Å². The van der Waals surface area contributed by atoms with E-state index in [1.165, 1.54) is 6.20 Å². The molecule has 21 heavy (non-hydrogen) atoms. The lowest BCUT2D eigenvalue weighted by atomic mass is 10.2. The summed E-state index contributed by atoms with van der Waals surface area (Å²) in [6, 6.07) is 0.619. The van der Waals surface area contributed by atoms with Gasteiger partial charge in [0.1, 0.15) is 17.6 Å². The van der Waals surface area contributed by atoms with Crippen molar-refractivity contribution in [3.05, 3.63) is 45.5 Å². The van der Waals surface area contributed by atoms with Gasteiger partial charge in [-0.3, -0.25) is 15.2 Å². The number of hydrogen-bond acceptors (Lipinski definition) is 5. The minimum atomic E-state index is -4.67. The first-order chi connectivity index (χ1) is 9.79. The molecular formula is C11H10F3N5O2. The van der Waals surface area contributed by atoms with Crippen molar-refractivity contribution in [3.63, 3.8) is 0 Å². The fourth-order valence-electron chi connectivity index (χ4n) is 1.63. The van der Waals surface area contributed by atoms with Gasteiger partial charge >= 0.3 is 11.9 Å². The second-order valence-electron chi connectivity index (χ2n) is 4.22. The first kappa shape index (κ1) is 14.8. The van der Waals surface area contributed by atoms with Crippen molar-refractivity contribution in [1.82, 2.24) is 15.2 Å². The highest BCUT2D eigenvalue weighted by molar-refractivity contribution is 5.61. The summed E-state index contributed by atoms with van der Waals surface area (Å²) in [6.07, 6.45) is -2.59. The summed E-state index contributed by atoms with van der Waals surface area (Å²) in [7, 11) is 0. The summed E-state index contributed by atoms with van der Waals surface area (Å²) in [6.45, 7) is 1.83. The van der Waals surface area contributed by atoms with Gasteiger partial charge in [0.15, 0.2) is 0 Å². The van der Waals surface area contributed by atoms with Gasteiger partial charge in [0.05, 0.1) is 11.1 Å². The van der Waals surface area contributed by atoms with Crippen LogP contribution >= 0.6 is 0 Å². The molecule has 0 saturated carbocycles. The van der Waals surface area contributed by atoms with E-state index in [4.69, 9.17) is 0 Å². The Morgan fingerprint density at radius 2 is 2.14 bits per heavy atom. The van der Waals surface area contributed by atoms with Crippen LogP contribution in [0.3, 0.4) is 0 Å². The van der Waals surface area contributed by atoms with Gasteiger partial charge in [-0.05, 0) is 13.0 Å². The lowest BCUT2D eigenvalue weighted by Crippen LogP contribution is -2.11. The molecule has 0 aliphatic carbocycles. The van der Waals surface area contributed by atoms with Crippen LogP contribution in [0.5, 0.6) is 0 Å². The Labute approximate surface area is 116 Å². The predicted molar refractivity (Wildman–Crippen MR) is 66.5 cm³/mol. The minimum Gasteiger partial charge on any atom is -0.375 e. The molecule has 0 spiro atoms. The van der Waals surface area contributed by atoms with Crippen molar-refractivity contribution in [2.75, 3.05) is 5.32 Å². The van der Waals surface area contributed by atoms with Gasteiger partial charge in [-0.25, -0.2) is 4.98 Å². The van der Waals surface area contributed by atoms with Crippen molar-refractivity contribution in [1.29, 1.82) is 0 Å². The summed E-state index contributed by atoms with van der Waals surface area (Å²) >= 11 is 0. The highest BCUT2D eigenvalue weighted by Crippen LogP contribution is 2.33. The third-order valence-electron chi connectivity index (χ3n) is 2.77. The predicted octanol–water partition coefficient (Wildman–Crippen LogP) is 2.65. The maximum atomic E-state index is 12.6. The number of alkyl halides is 3. The molecule has 0 amide bonds. The molecule has 0 fully saturated rings. The van der Waals surface area contributed by atoms with E-state index in [0.717, 1.165) is 5.69 Å². The Morgan fingerprint density at radius 3 is 2.67 bits per heavy atom. The zero-order valence-electron chi connectivity index (χ0n) is 10.7. The number of aryl methyl sites for hydroxylation is 1. The lowest BCUT2D eigenvalue weighted by Gasteiger charge is -2.10. The molecule has 0 unspecified atom stereocenters. The Balaban J connectivity index is 2.31. The molecule has 112 valence electrons. The van der Waals surface area contributed by atoms with Gasteiger partial charge in [-0.15, -0.1) is 0 Å². The van der Waals surface area contributed by atoms with Crippen molar-refractivity contribution in [2.24, 2.45) is 0 Å². The topological polar surface area (TPSA) is 96.7 Å². The molecule has 2 N–H and O–H groups in total. The van der Waals surface area contributed by atoms with Gasteiger partial charge in [0.2, 0.25) is 0 Å². The van der Waals surface area contributed by atoms with Crippen LogP contribution in [0.15, 0.2) is 18.5 Å². The molecule has 10 heteroatoms. The van der Waals surface area contributed by atoms with E-state index in [2.05, 4.69) is 20.5 Å². The molecule has 2 aromatic heterocycles. The Kier molecular flexibility index (Phi) is 3.78. The van der Waals surface area contributed by atoms with Gasteiger partial charge < -0.3 is 5.32 Å². The average molecular weight is 301 g/mol. The first-order valence-corrected chi connectivity index (χ1v) is 5.73. The van der Waals surface area contributed by atoms with Crippen LogP contribution in [0, 0.1) is 17.0 Å². The van der Waals surface area contributed by atoms with Crippen LogP contribution in [0.4, 0.5) is 24.5 Å². The number of aromatic nitrogens is 3. The smallest absolute Gasteiger partial charge is 0.375 e. The Hall–Kier alpha value is -2.65. The zero-order valence-corrected chi connectivity index (χ0v) is 10.7. The average Bonchev–Trinajstić information content (AvgIpc) is 2.80. The Bertz CT molecular complexity index is 668. The van der Waals surface area contributed by atoms with Crippen molar-refractivity contribution in [2.45, 2.75) is 19.6 Å². The maximum Gasteiger partial charge on any atom is 0.433 e. The van der Waals surface area contributed by atoms with Gasteiger partial charge in [0, 0.05) is 17.8 Å². The van der Waals surface area contributed by atoms with Crippen LogP contribution in [-0.2, 0) is 12.7 Å². The van der Waals surface area contributed by atoms with E-state index in [1.807, 2.05) is 0 Å². The van der Waals surface area contributed by atoms with E-state index in [9.17, 15) is 23.3 Å². The summed E-state index contributed by atoms with van der Waals surface area (Å²) in [4.78, 5) is 13.1. The fraction of sp³-hybridized carbons (Fsp3) is 0.273. The number of aromatic amines is 1. The van der Waals surface area contributed by atoms with E-state index >= 15 is 0 Å². The Morgan fingerprint density at radius 1 is 1.43 bits per heavy atom. The molecule has 0 bridgehead atoms. The standard InChI is InChI=1S/C11H10F3N5O2/c1-6-7(4-17-18-6)3-15-8-2-10(11(12,13)14)16-5-9(8)19(20)21/h2,4-5H,3H2,1H3,(H,15,16)(H,17,18). The number of nitrogens with one attached hydrogen (secondary N) is 2. The molecule has 0 atom stereocenters. The minimum absolute atomic E-state index is 0.102. The normalized spacial score (nSPS) is 11.4. The van der Waals surface area contributed by atoms with E-state index in [-0.39, 0.29) is 12.2 Å². The van der Waals surface area contributed by atoms with Gasteiger partial charge in [-0.2, -0.15) is 18.3 Å². The summed E-state index contributed by atoms with van der Waals surface area (Å²) in [5.41, 5.74) is -0.559. The maximum absolute atomic E-state index is 12.6. The third kappa shape index (κ3) is 3.27. The number of nitro groups is 1. The molecule has 0 aromatic carbocycles. The second-order valence-corrected chi connectivity index (χ2v) is 4.22. The molecule has 0 saturated heterocycles. The number of rotatable bonds is 4. The van der Waals surface area contributed by atoms with Crippen LogP contribution in [-0.4, -0.2) is 20.1 Å². The highest BCUT2D eigenvalue weighted by Gasteiger charge is 2.34. The fourth-order valence-corrected chi connectivity index (χ4v) is 1.63. The molecule has 0 radical (unpaired) electrons. The molecular weight excluding hydrogens is 291 g/mol. The largest absolute Gasteiger partial charge is 0.433 e. The molecule has 2 aromatic rings. The summed E-state index contributed by atoms with van der Waals surface area (Å²) in [5, 5.41) is 19.9. The number of H-pyrrole nitrogens is 1. The SMILES string of the molecule is Cc1[nH]ncc1CNc1cc(C(F)(F)F)ncc1[N+](=O)[O-]. The summed E-state index contributed by atoms with van der Waals surface area (Å²) in [5.74, 6) is 0. The van der Waals surface area contributed by atoms with E-state index in [0.29, 0.717) is 17.8 Å². The number of pyridine rings is 1. The van der Waals surface area contributed by atoms with Crippen molar-refractivity contribution in [3.8, 4) is 0 Å². The number of anilines is 1. The highest BCUT2D eigenvalue weighted by atomic mass is 19.4. The number of hydrogen-bond donors (Lipinski definition) is 2. The summed E-state index contributed by atoms with van der Waals surface area (Å²) < 4.78 is 37.8. The first-order valence-electron chi connectivity index (χ1n) is 5.73. The van der Waals surface area contributed by atoms with Crippen LogP contribution < -0.4 is 5.32 Å². The van der Waals surface area contributed by atoms with Crippen LogP contribution in [0.1, 0.15) is 17.0 Å². The van der Waals surface area contributed by atoms with Crippen molar-refractivity contribution < 1.29 is 18.1 Å². The number of halogens is 3. The third-order valence-corrected chi connectivity index (χ3v) is 2.77. The van der Waals surface area contributed by atoms with E-state index in [1.54, 1.807) is 6.92 Å². The second kappa shape index (κ2) is 5.38. The van der Waals surface area contributed by atoms with Gasteiger partial charge in [0.25, 0.3) is 0 Å².